The summed E-state index contributed by atoms with van der Waals surface area (Å²) in [4.78, 5) is 34.1. The van der Waals surface area contributed by atoms with Crippen molar-refractivity contribution in [2.45, 2.75) is 32.2 Å². The van der Waals surface area contributed by atoms with Gasteiger partial charge in [0.2, 0.25) is 11.8 Å². The van der Waals surface area contributed by atoms with Crippen LogP contribution in [0.1, 0.15) is 25.6 Å². The Morgan fingerprint density at radius 2 is 2.15 bits per heavy atom. The minimum Gasteiger partial charge on any atom is -0.355 e. The number of hydrogen-bond acceptors (Lipinski definition) is 6. The number of likely N-dealkylation sites (N-methyl/N-ethyl adjacent to an activating group) is 1. The molecule has 1 saturated carbocycles. The summed E-state index contributed by atoms with van der Waals surface area (Å²) in [5.41, 5.74) is 0. The largest absolute Gasteiger partial charge is 0.355 e. The Morgan fingerprint density at radius 3 is 2.88 bits per heavy atom. The molecule has 3 rings (SSSR count). The van der Waals surface area contributed by atoms with Crippen LogP contribution in [0.4, 0.5) is 0 Å². The highest BCUT2D eigenvalue weighted by Gasteiger charge is 2.30. The molecule has 2 N–H and O–H groups in total. The van der Waals surface area contributed by atoms with Gasteiger partial charge in [-0.2, -0.15) is 4.98 Å². The number of aromatic nitrogens is 4. The molecular weight excluding hydrogens is 334 g/mol. The van der Waals surface area contributed by atoms with E-state index in [1.54, 1.807) is 23.0 Å². The highest BCUT2D eigenvalue weighted by molar-refractivity contribution is 5.78. The maximum Gasteiger partial charge on any atom is 0.252 e. The van der Waals surface area contributed by atoms with Gasteiger partial charge in [-0.1, -0.05) is 6.92 Å². The minimum absolute atomic E-state index is 0.0633. The zero-order chi connectivity index (χ0) is 18.5. The minimum atomic E-state index is -0.0991. The number of nitrogens with zero attached hydrogens (tertiary/aromatic N) is 5. The van der Waals surface area contributed by atoms with Crippen LogP contribution in [0.2, 0.25) is 0 Å². The molecule has 9 nitrogen and oxygen atoms in total. The van der Waals surface area contributed by atoms with E-state index in [1.165, 1.54) is 0 Å². The van der Waals surface area contributed by atoms with E-state index >= 15 is 0 Å². The molecule has 9 heteroatoms. The van der Waals surface area contributed by atoms with E-state index in [1.807, 2.05) is 18.9 Å². The third-order valence-corrected chi connectivity index (χ3v) is 4.62. The van der Waals surface area contributed by atoms with Gasteiger partial charge in [0.25, 0.3) is 5.78 Å². The molecule has 0 aromatic carbocycles. The molecule has 0 unspecified atom stereocenters. The first-order valence-corrected chi connectivity index (χ1v) is 8.94. The maximum absolute atomic E-state index is 12.1. The quantitative estimate of drug-likeness (QED) is 0.666. The molecule has 0 radical (unpaired) electrons. The van der Waals surface area contributed by atoms with Crippen molar-refractivity contribution in [1.29, 1.82) is 0 Å². The molecule has 26 heavy (non-hydrogen) atoms. The second-order valence-corrected chi connectivity index (χ2v) is 6.81. The maximum atomic E-state index is 12.1. The molecule has 0 atom stereocenters. The molecule has 1 fully saturated rings. The lowest BCUT2D eigenvalue weighted by atomic mass is 9.80. The van der Waals surface area contributed by atoms with Crippen molar-refractivity contribution in [3.8, 4) is 0 Å². The summed E-state index contributed by atoms with van der Waals surface area (Å²) in [6.07, 6.45) is 5.33. The first kappa shape index (κ1) is 18.2. The van der Waals surface area contributed by atoms with Gasteiger partial charge in [-0.3, -0.25) is 14.5 Å². The van der Waals surface area contributed by atoms with Gasteiger partial charge in [-0.05, 0) is 38.4 Å². The van der Waals surface area contributed by atoms with Gasteiger partial charge in [0, 0.05) is 25.0 Å². The second kappa shape index (κ2) is 8.22. The van der Waals surface area contributed by atoms with Crippen LogP contribution in [-0.4, -0.2) is 69.0 Å². The van der Waals surface area contributed by atoms with Crippen LogP contribution in [0.15, 0.2) is 18.5 Å². The van der Waals surface area contributed by atoms with Gasteiger partial charge in [0.15, 0.2) is 5.82 Å². The first-order valence-electron chi connectivity index (χ1n) is 8.94. The van der Waals surface area contributed by atoms with E-state index in [0.717, 1.165) is 19.4 Å². The number of carbonyl (C=O) groups is 2. The fourth-order valence-electron chi connectivity index (χ4n) is 2.97. The van der Waals surface area contributed by atoms with Crippen molar-refractivity contribution >= 4 is 17.6 Å². The lowest BCUT2D eigenvalue weighted by Gasteiger charge is -2.36. The number of fused-ring (bicyclic) bond motifs is 1. The number of rotatable bonds is 8. The zero-order valence-electron chi connectivity index (χ0n) is 15.2. The lowest BCUT2D eigenvalue weighted by molar-refractivity contribution is -0.124. The molecule has 2 aromatic rings. The van der Waals surface area contributed by atoms with Gasteiger partial charge in [0.05, 0.1) is 13.0 Å². The first-order chi connectivity index (χ1) is 12.5. The molecule has 0 bridgehead atoms. The Balaban J connectivity index is 1.34. The summed E-state index contributed by atoms with van der Waals surface area (Å²) in [6, 6.07) is 1.98. The van der Waals surface area contributed by atoms with Gasteiger partial charge in [-0.25, -0.2) is 9.50 Å². The monoisotopic (exact) mass is 359 g/mol. The predicted molar refractivity (Wildman–Crippen MR) is 95.3 cm³/mol. The summed E-state index contributed by atoms with van der Waals surface area (Å²) in [6.45, 7) is 3.92. The van der Waals surface area contributed by atoms with Crippen molar-refractivity contribution < 1.29 is 9.59 Å². The van der Waals surface area contributed by atoms with Crippen LogP contribution in [0.25, 0.3) is 5.78 Å². The molecule has 2 heterocycles. The summed E-state index contributed by atoms with van der Waals surface area (Å²) in [7, 11) is 1.92. The van der Waals surface area contributed by atoms with Crippen molar-refractivity contribution in [3.63, 3.8) is 0 Å². The summed E-state index contributed by atoms with van der Waals surface area (Å²) < 4.78 is 1.55. The number of amides is 2. The van der Waals surface area contributed by atoms with E-state index in [4.69, 9.17) is 0 Å². The van der Waals surface area contributed by atoms with Crippen LogP contribution < -0.4 is 10.6 Å². The third-order valence-electron chi connectivity index (χ3n) is 4.62. The Bertz CT molecular complexity index is 736. The molecule has 1 aliphatic rings. The zero-order valence-corrected chi connectivity index (χ0v) is 15.2. The molecule has 2 aromatic heterocycles. The standard InChI is InChI=1S/C17H25N7O2/c1-3-23(2)11-16(26)20-13-7-12(8-13)10-19-15(25)9-14-21-17-18-5-4-6-24(17)22-14/h4-6,12-13H,3,7-11H2,1-2H3,(H,19,25)(H,20,26). The highest BCUT2D eigenvalue weighted by Crippen LogP contribution is 2.26. The number of carbonyl (C=O) groups excluding carboxylic acids is 2. The van der Waals surface area contributed by atoms with E-state index in [-0.39, 0.29) is 24.3 Å². The third kappa shape index (κ3) is 4.75. The van der Waals surface area contributed by atoms with Crippen LogP contribution in [-0.2, 0) is 16.0 Å². The van der Waals surface area contributed by atoms with Gasteiger partial charge >= 0.3 is 0 Å². The van der Waals surface area contributed by atoms with Crippen molar-refractivity contribution in [2.24, 2.45) is 5.92 Å². The molecule has 0 saturated heterocycles. The molecule has 2 amide bonds. The number of nitrogens with one attached hydrogen (secondary N) is 2. The highest BCUT2D eigenvalue weighted by atomic mass is 16.2. The van der Waals surface area contributed by atoms with Crippen molar-refractivity contribution in [1.82, 2.24) is 35.1 Å². The molecule has 1 aliphatic carbocycles. The molecule has 0 aliphatic heterocycles. The van der Waals surface area contributed by atoms with Crippen molar-refractivity contribution in [3.05, 3.63) is 24.3 Å². The van der Waals surface area contributed by atoms with Gasteiger partial charge < -0.3 is 10.6 Å². The topological polar surface area (TPSA) is 105 Å². The van der Waals surface area contributed by atoms with E-state index < -0.39 is 0 Å². The fourth-order valence-corrected chi connectivity index (χ4v) is 2.97. The van der Waals surface area contributed by atoms with E-state index in [0.29, 0.717) is 30.6 Å². The molecular formula is C17H25N7O2. The fraction of sp³-hybridized carbons (Fsp3) is 0.588. The summed E-state index contributed by atoms with van der Waals surface area (Å²) >= 11 is 0. The summed E-state index contributed by atoms with van der Waals surface area (Å²) in [5.74, 6) is 1.32. The van der Waals surface area contributed by atoms with E-state index in [9.17, 15) is 9.59 Å². The van der Waals surface area contributed by atoms with Gasteiger partial charge in [-0.15, -0.1) is 5.10 Å². The van der Waals surface area contributed by atoms with Crippen LogP contribution >= 0.6 is 0 Å². The van der Waals surface area contributed by atoms with Crippen LogP contribution in [0, 0.1) is 5.92 Å². The van der Waals surface area contributed by atoms with Crippen molar-refractivity contribution in [2.75, 3.05) is 26.7 Å². The predicted octanol–water partition coefficient (Wildman–Crippen LogP) is -0.370. The number of hydrogen-bond donors (Lipinski definition) is 2. The Kier molecular flexibility index (Phi) is 5.77. The smallest absolute Gasteiger partial charge is 0.252 e. The lowest BCUT2D eigenvalue weighted by Crippen LogP contribution is -2.49. The molecule has 0 spiro atoms. The Morgan fingerprint density at radius 1 is 1.35 bits per heavy atom. The average Bonchev–Trinajstić information content (AvgIpc) is 2.98. The SMILES string of the molecule is CCN(C)CC(=O)NC1CC(CNC(=O)Cc2nc3ncccn3n2)C1. The second-order valence-electron chi connectivity index (χ2n) is 6.81. The average molecular weight is 359 g/mol. The van der Waals surface area contributed by atoms with Crippen LogP contribution in [0.5, 0.6) is 0 Å². The Labute approximate surface area is 152 Å². The Hall–Kier alpha value is -2.55. The normalized spacial score (nSPS) is 19.3. The molecule has 140 valence electrons. The van der Waals surface area contributed by atoms with Gasteiger partial charge in [0.1, 0.15) is 0 Å². The summed E-state index contributed by atoms with van der Waals surface area (Å²) in [5, 5.41) is 10.2. The van der Waals surface area contributed by atoms with E-state index in [2.05, 4.69) is 25.7 Å². The van der Waals surface area contributed by atoms with Crippen LogP contribution in [0.3, 0.4) is 0 Å².